The molecule has 0 bridgehead atoms. The normalized spacial score (nSPS) is 12.0. The average molecular weight is 298 g/mol. The SMILES string of the molecule is CCCCCCCCCCCCCCCC(C)(C)CCN. The highest BCUT2D eigenvalue weighted by Gasteiger charge is 2.15. The molecule has 0 aliphatic carbocycles. The summed E-state index contributed by atoms with van der Waals surface area (Å²) in [6.07, 6.45) is 21.3. The zero-order chi connectivity index (χ0) is 15.8. The van der Waals surface area contributed by atoms with Gasteiger partial charge in [0.2, 0.25) is 0 Å². The van der Waals surface area contributed by atoms with Crippen molar-refractivity contribution in [3.05, 3.63) is 0 Å². The Morgan fingerprint density at radius 2 is 0.952 bits per heavy atom. The molecule has 128 valence electrons. The molecule has 0 heterocycles. The first-order valence-electron chi connectivity index (χ1n) is 9.82. The number of unbranched alkanes of at least 4 members (excludes halogenated alkanes) is 12. The largest absolute Gasteiger partial charge is 0.330 e. The van der Waals surface area contributed by atoms with E-state index in [1.165, 1.54) is 96.3 Å². The molecule has 2 N–H and O–H groups in total. The van der Waals surface area contributed by atoms with E-state index in [0.717, 1.165) is 6.54 Å². The van der Waals surface area contributed by atoms with Crippen LogP contribution < -0.4 is 5.73 Å². The maximum absolute atomic E-state index is 5.66. The standard InChI is InChI=1S/C20H43N/c1-4-5-6-7-8-9-10-11-12-13-14-15-16-17-20(2,3)18-19-21/h4-19,21H2,1-3H3. The molecule has 0 aliphatic rings. The number of rotatable bonds is 16. The lowest BCUT2D eigenvalue weighted by molar-refractivity contribution is 0.299. The number of hydrogen-bond acceptors (Lipinski definition) is 1. The molecule has 0 radical (unpaired) electrons. The lowest BCUT2D eigenvalue weighted by Crippen LogP contribution is -2.16. The van der Waals surface area contributed by atoms with E-state index in [4.69, 9.17) is 5.73 Å². The van der Waals surface area contributed by atoms with E-state index in [0.29, 0.717) is 5.41 Å². The summed E-state index contributed by atoms with van der Waals surface area (Å²) in [6, 6.07) is 0. The van der Waals surface area contributed by atoms with Crippen LogP contribution in [0.15, 0.2) is 0 Å². The predicted molar refractivity (Wildman–Crippen MR) is 97.8 cm³/mol. The molecule has 0 aromatic carbocycles. The van der Waals surface area contributed by atoms with Gasteiger partial charge in [-0.2, -0.15) is 0 Å². The van der Waals surface area contributed by atoms with Crippen molar-refractivity contribution in [3.63, 3.8) is 0 Å². The fraction of sp³-hybridized carbons (Fsp3) is 1.00. The van der Waals surface area contributed by atoms with Gasteiger partial charge in [-0.25, -0.2) is 0 Å². The summed E-state index contributed by atoms with van der Waals surface area (Å²) in [5.74, 6) is 0. The van der Waals surface area contributed by atoms with Crippen LogP contribution >= 0.6 is 0 Å². The van der Waals surface area contributed by atoms with Crippen LogP contribution in [0.5, 0.6) is 0 Å². The van der Waals surface area contributed by atoms with Crippen molar-refractivity contribution in [2.75, 3.05) is 6.54 Å². The van der Waals surface area contributed by atoms with Crippen LogP contribution in [0, 0.1) is 5.41 Å². The van der Waals surface area contributed by atoms with Crippen LogP contribution in [0.4, 0.5) is 0 Å². The fourth-order valence-electron chi connectivity index (χ4n) is 3.14. The topological polar surface area (TPSA) is 26.0 Å². The van der Waals surface area contributed by atoms with Crippen LogP contribution in [0.25, 0.3) is 0 Å². The van der Waals surface area contributed by atoms with E-state index in [1.54, 1.807) is 0 Å². The Kier molecular flexibility index (Phi) is 14.9. The first-order valence-corrected chi connectivity index (χ1v) is 9.82. The van der Waals surface area contributed by atoms with E-state index >= 15 is 0 Å². The third kappa shape index (κ3) is 16.2. The van der Waals surface area contributed by atoms with Gasteiger partial charge in [0, 0.05) is 0 Å². The third-order valence-corrected chi connectivity index (χ3v) is 4.78. The van der Waals surface area contributed by atoms with Gasteiger partial charge in [-0.05, 0) is 24.8 Å². The quantitative estimate of drug-likeness (QED) is 0.310. The van der Waals surface area contributed by atoms with Crippen LogP contribution in [-0.4, -0.2) is 6.54 Å². The zero-order valence-corrected chi connectivity index (χ0v) is 15.4. The highest BCUT2D eigenvalue weighted by atomic mass is 14.5. The summed E-state index contributed by atoms with van der Waals surface area (Å²) < 4.78 is 0. The summed E-state index contributed by atoms with van der Waals surface area (Å²) in [4.78, 5) is 0. The van der Waals surface area contributed by atoms with Gasteiger partial charge in [0.1, 0.15) is 0 Å². The summed E-state index contributed by atoms with van der Waals surface area (Å²) >= 11 is 0. The molecule has 0 aromatic heterocycles. The third-order valence-electron chi connectivity index (χ3n) is 4.78. The molecule has 0 aliphatic heterocycles. The van der Waals surface area contributed by atoms with Gasteiger partial charge in [-0.3, -0.25) is 0 Å². The molecule has 0 saturated carbocycles. The van der Waals surface area contributed by atoms with Crippen molar-refractivity contribution in [3.8, 4) is 0 Å². The van der Waals surface area contributed by atoms with Crippen molar-refractivity contribution in [1.29, 1.82) is 0 Å². The highest BCUT2D eigenvalue weighted by molar-refractivity contribution is 4.68. The van der Waals surface area contributed by atoms with Gasteiger partial charge in [-0.1, -0.05) is 104 Å². The second-order valence-electron chi connectivity index (χ2n) is 7.70. The average Bonchev–Trinajstić information content (AvgIpc) is 2.44. The van der Waals surface area contributed by atoms with Gasteiger partial charge >= 0.3 is 0 Å². The Bertz CT molecular complexity index is 198. The molecule has 0 saturated heterocycles. The van der Waals surface area contributed by atoms with Crippen molar-refractivity contribution < 1.29 is 0 Å². The van der Waals surface area contributed by atoms with Crippen LogP contribution in [0.1, 0.15) is 117 Å². The Morgan fingerprint density at radius 1 is 0.571 bits per heavy atom. The highest BCUT2D eigenvalue weighted by Crippen LogP contribution is 2.27. The Morgan fingerprint density at radius 3 is 1.33 bits per heavy atom. The second kappa shape index (κ2) is 14.9. The summed E-state index contributed by atoms with van der Waals surface area (Å²) in [6.45, 7) is 7.85. The molecule has 1 nitrogen and oxygen atoms in total. The van der Waals surface area contributed by atoms with E-state index in [2.05, 4.69) is 20.8 Å². The molecule has 1 heteroatoms. The minimum atomic E-state index is 0.465. The Balaban J connectivity index is 3.12. The van der Waals surface area contributed by atoms with E-state index < -0.39 is 0 Å². The number of hydrogen-bond donors (Lipinski definition) is 1. The first kappa shape index (κ1) is 21.0. The molecule has 21 heavy (non-hydrogen) atoms. The monoisotopic (exact) mass is 297 g/mol. The summed E-state index contributed by atoms with van der Waals surface area (Å²) in [7, 11) is 0. The zero-order valence-electron chi connectivity index (χ0n) is 15.4. The van der Waals surface area contributed by atoms with Gasteiger partial charge in [0.05, 0.1) is 0 Å². The Hall–Kier alpha value is -0.0400. The van der Waals surface area contributed by atoms with Gasteiger partial charge < -0.3 is 5.73 Å². The van der Waals surface area contributed by atoms with Gasteiger partial charge in [0.15, 0.2) is 0 Å². The summed E-state index contributed by atoms with van der Waals surface area (Å²) in [5, 5.41) is 0. The maximum Gasteiger partial charge on any atom is -0.00722 e. The van der Waals surface area contributed by atoms with Crippen molar-refractivity contribution in [1.82, 2.24) is 0 Å². The van der Waals surface area contributed by atoms with E-state index in [9.17, 15) is 0 Å². The predicted octanol–water partition coefficient (Wildman–Crippen LogP) is 6.84. The van der Waals surface area contributed by atoms with Crippen molar-refractivity contribution in [2.45, 2.75) is 117 Å². The minimum absolute atomic E-state index is 0.465. The lowest BCUT2D eigenvalue weighted by Gasteiger charge is -2.23. The first-order chi connectivity index (χ1) is 10.1. The maximum atomic E-state index is 5.66. The fourth-order valence-corrected chi connectivity index (χ4v) is 3.14. The molecule has 0 amide bonds. The van der Waals surface area contributed by atoms with E-state index in [-0.39, 0.29) is 0 Å². The molecular formula is C20H43N. The minimum Gasteiger partial charge on any atom is -0.330 e. The molecule has 0 spiro atoms. The van der Waals surface area contributed by atoms with E-state index in [1.807, 2.05) is 0 Å². The number of nitrogens with two attached hydrogens (primary N) is 1. The smallest absolute Gasteiger partial charge is 0.00722 e. The molecule has 0 fully saturated rings. The Labute approximate surface area is 135 Å². The molecular weight excluding hydrogens is 254 g/mol. The van der Waals surface area contributed by atoms with Gasteiger partial charge in [-0.15, -0.1) is 0 Å². The molecule has 0 unspecified atom stereocenters. The van der Waals surface area contributed by atoms with Crippen LogP contribution in [0.3, 0.4) is 0 Å². The van der Waals surface area contributed by atoms with Crippen molar-refractivity contribution >= 4 is 0 Å². The van der Waals surface area contributed by atoms with Gasteiger partial charge in [0.25, 0.3) is 0 Å². The lowest BCUT2D eigenvalue weighted by atomic mass is 9.83. The molecule has 0 atom stereocenters. The van der Waals surface area contributed by atoms with Crippen molar-refractivity contribution in [2.24, 2.45) is 11.1 Å². The molecule has 0 aromatic rings. The summed E-state index contributed by atoms with van der Waals surface area (Å²) in [5.41, 5.74) is 6.12. The second-order valence-corrected chi connectivity index (χ2v) is 7.70. The molecule has 0 rings (SSSR count). The van der Waals surface area contributed by atoms with Crippen LogP contribution in [0.2, 0.25) is 0 Å². The van der Waals surface area contributed by atoms with Crippen LogP contribution in [-0.2, 0) is 0 Å².